The molecule has 3 heteroatoms. The van der Waals surface area contributed by atoms with Gasteiger partial charge in [-0.2, -0.15) is 0 Å². The third-order valence-electron chi connectivity index (χ3n) is 7.77. The summed E-state index contributed by atoms with van der Waals surface area (Å²) in [4.78, 5) is 0. The van der Waals surface area contributed by atoms with Gasteiger partial charge in [0.25, 0.3) is 0 Å². The molecule has 2 aromatic heterocycles. The highest BCUT2D eigenvalue weighted by Gasteiger charge is 2.20. The van der Waals surface area contributed by atoms with E-state index in [2.05, 4.69) is 143 Å². The zero-order valence-electron chi connectivity index (χ0n) is 21.1. The Morgan fingerprint density at radius 1 is 0.410 bits per heavy atom. The second kappa shape index (κ2) is 8.62. The summed E-state index contributed by atoms with van der Waals surface area (Å²) >= 11 is 6.60. The van der Waals surface area contributed by atoms with Crippen molar-refractivity contribution in [3.05, 3.63) is 145 Å². The third kappa shape index (κ3) is 3.35. The van der Waals surface area contributed by atoms with Gasteiger partial charge in [0.15, 0.2) is 0 Å². The Bertz CT molecular complexity index is 2150. The number of rotatable bonds is 3. The summed E-state index contributed by atoms with van der Waals surface area (Å²) in [6, 6.07) is 49.4. The third-order valence-corrected chi connectivity index (χ3v) is 8.01. The van der Waals surface area contributed by atoms with E-state index < -0.39 is 0 Å². The molecule has 0 radical (unpaired) electrons. The van der Waals surface area contributed by atoms with Crippen LogP contribution in [0, 0.1) is 0 Å². The lowest BCUT2D eigenvalue weighted by Crippen LogP contribution is -1.95. The lowest BCUT2D eigenvalue weighted by Gasteiger charge is -2.11. The van der Waals surface area contributed by atoms with E-state index in [1.807, 2.05) is 6.07 Å². The van der Waals surface area contributed by atoms with E-state index in [0.29, 0.717) is 0 Å². The number of nitrogens with zero attached hydrogens (tertiary/aromatic N) is 2. The van der Waals surface area contributed by atoms with E-state index in [9.17, 15) is 0 Å². The molecule has 0 N–H and O–H groups in total. The minimum atomic E-state index is 0.729. The number of hydrogen-bond donors (Lipinski definition) is 0. The monoisotopic (exact) mass is 518 g/mol. The van der Waals surface area contributed by atoms with Gasteiger partial charge in [-0.05, 0) is 59.7 Å². The summed E-state index contributed by atoms with van der Waals surface area (Å²) in [5.74, 6) is 0. The highest BCUT2D eigenvalue weighted by atomic mass is 35.5. The van der Waals surface area contributed by atoms with E-state index in [0.717, 1.165) is 27.4 Å². The molecule has 0 saturated heterocycles. The van der Waals surface area contributed by atoms with Gasteiger partial charge in [0.1, 0.15) is 0 Å². The summed E-state index contributed by atoms with van der Waals surface area (Å²) in [5, 5.41) is 5.64. The predicted octanol–water partition coefficient (Wildman–Crippen LogP) is 10.2. The topological polar surface area (TPSA) is 9.86 Å². The van der Waals surface area contributed by atoms with Gasteiger partial charge >= 0.3 is 0 Å². The fourth-order valence-corrected chi connectivity index (χ4v) is 6.25. The van der Waals surface area contributed by atoms with E-state index in [4.69, 9.17) is 11.6 Å². The molecule has 2 heterocycles. The fourth-order valence-electron chi connectivity index (χ4n) is 6.09. The van der Waals surface area contributed by atoms with Gasteiger partial charge in [0.2, 0.25) is 0 Å². The zero-order chi connectivity index (χ0) is 25.9. The van der Waals surface area contributed by atoms with E-state index in [1.54, 1.807) is 0 Å². The van der Waals surface area contributed by atoms with Gasteiger partial charge in [0, 0.05) is 37.9 Å². The summed E-state index contributed by atoms with van der Waals surface area (Å²) < 4.78 is 4.75. The van der Waals surface area contributed by atoms with E-state index >= 15 is 0 Å². The van der Waals surface area contributed by atoms with Crippen LogP contribution in [0.3, 0.4) is 0 Å². The summed E-state index contributed by atoms with van der Waals surface area (Å²) in [5.41, 5.74) is 9.35. The Morgan fingerprint density at radius 3 is 1.85 bits per heavy atom. The number of halogens is 1. The number of hydrogen-bond acceptors (Lipinski definition) is 0. The molecule has 8 aromatic rings. The lowest BCUT2D eigenvalue weighted by atomic mass is 10.1. The predicted molar refractivity (Wildman–Crippen MR) is 166 cm³/mol. The van der Waals surface area contributed by atoms with Crippen LogP contribution in [-0.4, -0.2) is 9.13 Å². The first-order chi connectivity index (χ1) is 19.3. The first kappa shape index (κ1) is 22.2. The van der Waals surface area contributed by atoms with Crippen molar-refractivity contribution in [1.82, 2.24) is 9.13 Å². The maximum absolute atomic E-state index is 6.60. The Kier molecular flexibility index (Phi) is 4.91. The molecule has 184 valence electrons. The molecule has 0 aliphatic heterocycles. The molecule has 0 saturated carbocycles. The molecular formula is C36H23ClN2. The summed E-state index contributed by atoms with van der Waals surface area (Å²) in [6.07, 6.45) is 0. The largest absolute Gasteiger partial charge is 0.309 e. The second-order valence-electron chi connectivity index (χ2n) is 9.95. The molecule has 8 rings (SSSR count). The Labute approximate surface area is 230 Å². The molecule has 0 fully saturated rings. The molecular weight excluding hydrogens is 496 g/mol. The Morgan fingerprint density at radius 2 is 1.05 bits per heavy atom. The average Bonchev–Trinajstić information content (AvgIpc) is 3.50. The van der Waals surface area contributed by atoms with Gasteiger partial charge in [-0.3, -0.25) is 0 Å². The van der Waals surface area contributed by atoms with Crippen LogP contribution < -0.4 is 0 Å². The van der Waals surface area contributed by atoms with Crippen molar-refractivity contribution in [2.24, 2.45) is 0 Å². The highest BCUT2D eigenvalue weighted by molar-refractivity contribution is 6.32. The molecule has 2 nitrogen and oxygen atoms in total. The normalized spacial score (nSPS) is 11.7. The highest BCUT2D eigenvalue weighted by Crippen LogP contribution is 2.42. The molecule has 0 aliphatic carbocycles. The van der Waals surface area contributed by atoms with Gasteiger partial charge in [-0.25, -0.2) is 0 Å². The number of aromatic nitrogens is 2. The van der Waals surface area contributed by atoms with E-state index in [-0.39, 0.29) is 0 Å². The summed E-state index contributed by atoms with van der Waals surface area (Å²) in [7, 11) is 0. The maximum atomic E-state index is 6.60. The van der Waals surface area contributed by atoms with Crippen LogP contribution in [0.5, 0.6) is 0 Å². The molecule has 0 bridgehead atoms. The average molecular weight is 519 g/mol. The fraction of sp³-hybridized carbons (Fsp3) is 0. The van der Waals surface area contributed by atoms with Crippen molar-refractivity contribution in [3.63, 3.8) is 0 Å². The molecule has 6 aromatic carbocycles. The zero-order valence-corrected chi connectivity index (χ0v) is 21.8. The number of fused-ring (bicyclic) bond motifs is 7. The van der Waals surface area contributed by atoms with Crippen LogP contribution in [-0.2, 0) is 0 Å². The van der Waals surface area contributed by atoms with Crippen molar-refractivity contribution < 1.29 is 0 Å². The van der Waals surface area contributed by atoms with Crippen LogP contribution in [0.15, 0.2) is 140 Å². The molecule has 0 amide bonds. The van der Waals surface area contributed by atoms with Crippen molar-refractivity contribution in [3.8, 4) is 22.5 Å². The minimum Gasteiger partial charge on any atom is -0.309 e. The van der Waals surface area contributed by atoms with Crippen LogP contribution >= 0.6 is 11.6 Å². The van der Waals surface area contributed by atoms with Gasteiger partial charge in [0.05, 0.1) is 22.1 Å². The van der Waals surface area contributed by atoms with Gasteiger partial charge in [-0.15, -0.1) is 0 Å². The Balaban J connectivity index is 1.50. The second-order valence-corrected chi connectivity index (χ2v) is 10.4. The first-order valence-electron chi connectivity index (χ1n) is 13.1. The molecule has 0 spiro atoms. The van der Waals surface area contributed by atoms with Gasteiger partial charge < -0.3 is 9.13 Å². The van der Waals surface area contributed by atoms with Crippen LogP contribution in [0.1, 0.15) is 0 Å². The van der Waals surface area contributed by atoms with Crippen molar-refractivity contribution in [1.29, 1.82) is 0 Å². The molecule has 0 atom stereocenters. The summed E-state index contributed by atoms with van der Waals surface area (Å²) in [6.45, 7) is 0. The molecule has 39 heavy (non-hydrogen) atoms. The van der Waals surface area contributed by atoms with Gasteiger partial charge in [-0.1, -0.05) is 103 Å². The van der Waals surface area contributed by atoms with Crippen molar-refractivity contribution in [2.45, 2.75) is 0 Å². The van der Waals surface area contributed by atoms with Crippen LogP contribution in [0.25, 0.3) is 66.1 Å². The number of para-hydroxylation sites is 2. The lowest BCUT2D eigenvalue weighted by molar-refractivity contribution is 1.17. The van der Waals surface area contributed by atoms with Crippen LogP contribution in [0.2, 0.25) is 5.02 Å². The van der Waals surface area contributed by atoms with E-state index in [1.165, 1.54) is 43.7 Å². The quantitative estimate of drug-likeness (QED) is 0.220. The molecule has 0 aliphatic rings. The van der Waals surface area contributed by atoms with Crippen molar-refractivity contribution in [2.75, 3.05) is 0 Å². The Hall–Kier alpha value is -4.79. The number of benzene rings is 6. The molecule has 0 unspecified atom stereocenters. The first-order valence-corrected chi connectivity index (χ1v) is 13.5. The SMILES string of the molecule is Clc1ccc2c3c(ccc4c5ccccc5n(-c5ccccc5)c43)n(-c3ccc(-c4ccccc4)cc3)c2c1. The van der Waals surface area contributed by atoms with Crippen LogP contribution in [0.4, 0.5) is 0 Å². The maximum Gasteiger partial charge on any atom is 0.0641 e. The van der Waals surface area contributed by atoms with Crippen molar-refractivity contribution >= 4 is 55.2 Å². The smallest absolute Gasteiger partial charge is 0.0641 e. The minimum absolute atomic E-state index is 0.729. The standard InChI is InChI=1S/C36H23ClN2/c37-26-17-20-31-34(23-26)38(28-18-15-25(16-19-28)24-9-3-1-4-10-24)33-22-21-30-29-13-7-8-14-32(29)39(36(30)35(31)33)27-11-5-2-6-12-27/h1-23H.